The molecule has 0 saturated carbocycles. The van der Waals surface area contributed by atoms with E-state index < -0.39 is 43.3 Å². The molecule has 3 aromatic carbocycles. The van der Waals surface area contributed by atoms with E-state index in [1.165, 1.54) is 25.2 Å². The highest BCUT2D eigenvalue weighted by Gasteiger charge is 2.24. The van der Waals surface area contributed by atoms with E-state index in [0.717, 1.165) is 40.8 Å². The first kappa shape index (κ1) is 29.3. The van der Waals surface area contributed by atoms with E-state index >= 15 is 0 Å². The lowest BCUT2D eigenvalue weighted by atomic mass is 10.2. The summed E-state index contributed by atoms with van der Waals surface area (Å²) in [4.78, 5) is 38.5. The zero-order valence-electron chi connectivity index (χ0n) is 21.0. The summed E-state index contributed by atoms with van der Waals surface area (Å²) in [6.07, 6.45) is 1.02. The standard InChI is InChI=1S/C25H20N4O9S3/c1-28(18-7-3-2-4-8-18)41(36,37)21-9-5-6-17(14-21)24(31)38-16-22(30)27-25-26-15-23(39-25)40(34,35)20-12-10-19(11-13-20)29(32)33/h2-15H,16H2,1H3,(H,26,27,30). The molecule has 1 N–H and O–H groups in total. The van der Waals surface area contributed by atoms with Gasteiger partial charge in [0.15, 0.2) is 11.7 Å². The number of nitro benzene ring substituents is 1. The molecular formula is C25H20N4O9S3. The number of thiazole rings is 1. The third kappa shape index (κ3) is 6.56. The van der Waals surface area contributed by atoms with Crippen molar-refractivity contribution in [3.63, 3.8) is 0 Å². The number of esters is 1. The summed E-state index contributed by atoms with van der Waals surface area (Å²) >= 11 is 0.633. The lowest BCUT2D eigenvalue weighted by Gasteiger charge is -2.19. The van der Waals surface area contributed by atoms with Crippen LogP contribution in [-0.2, 0) is 29.4 Å². The number of hydrogen-bond acceptors (Lipinski definition) is 11. The number of benzene rings is 3. The molecule has 0 aliphatic heterocycles. The normalized spacial score (nSPS) is 11.4. The van der Waals surface area contributed by atoms with Gasteiger partial charge in [-0.2, -0.15) is 0 Å². The Morgan fingerprint density at radius 1 is 0.976 bits per heavy atom. The first-order valence-electron chi connectivity index (χ1n) is 11.5. The summed E-state index contributed by atoms with van der Waals surface area (Å²) in [6.45, 7) is -0.760. The number of carbonyl (C=O) groups excluding carboxylic acids is 2. The minimum Gasteiger partial charge on any atom is -0.452 e. The van der Waals surface area contributed by atoms with Crippen molar-refractivity contribution < 1.29 is 36.1 Å². The average molecular weight is 617 g/mol. The van der Waals surface area contributed by atoms with E-state index in [0.29, 0.717) is 17.0 Å². The van der Waals surface area contributed by atoms with Gasteiger partial charge in [0.25, 0.3) is 21.6 Å². The second-order valence-electron chi connectivity index (χ2n) is 8.20. The number of anilines is 2. The Balaban J connectivity index is 1.38. The number of carbonyl (C=O) groups is 2. The Kier molecular flexibility index (Phi) is 8.46. The number of hydrogen-bond donors (Lipinski definition) is 1. The predicted molar refractivity (Wildman–Crippen MR) is 148 cm³/mol. The van der Waals surface area contributed by atoms with Crippen LogP contribution in [0.25, 0.3) is 0 Å². The number of sulfone groups is 1. The molecule has 0 atom stereocenters. The number of nitrogens with zero attached hydrogens (tertiary/aromatic N) is 3. The number of aromatic nitrogens is 1. The van der Waals surface area contributed by atoms with Gasteiger partial charge in [-0.05, 0) is 42.5 Å². The molecule has 0 aliphatic rings. The van der Waals surface area contributed by atoms with Gasteiger partial charge in [0.1, 0.15) is 4.21 Å². The highest BCUT2D eigenvalue weighted by Crippen LogP contribution is 2.29. The zero-order valence-corrected chi connectivity index (χ0v) is 23.5. The summed E-state index contributed by atoms with van der Waals surface area (Å²) in [5, 5.41) is 13.0. The number of rotatable bonds is 10. The Morgan fingerprint density at radius 3 is 2.32 bits per heavy atom. The van der Waals surface area contributed by atoms with Crippen molar-refractivity contribution in [1.82, 2.24) is 4.98 Å². The van der Waals surface area contributed by atoms with Crippen molar-refractivity contribution in [1.29, 1.82) is 0 Å². The maximum Gasteiger partial charge on any atom is 0.338 e. The van der Waals surface area contributed by atoms with Gasteiger partial charge in [-0.1, -0.05) is 35.6 Å². The van der Waals surface area contributed by atoms with Crippen LogP contribution in [0, 0.1) is 10.1 Å². The lowest BCUT2D eigenvalue weighted by Crippen LogP contribution is -2.26. The van der Waals surface area contributed by atoms with E-state index in [4.69, 9.17) is 4.74 Å². The summed E-state index contributed by atoms with van der Waals surface area (Å²) in [6, 6.07) is 17.8. The molecule has 16 heteroatoms. The van der Waals surface area contributed by atoms with Crippen molar-refractivity contribution in [2.24, 2.45) is 0 Å². The quantitative estimate of drug-likeness (QED) is 0.157. The number of amides is 1. The molecule has 1 heterocycles. The summed E-state index contributed by atoms with van der Waals surface area (Å²) in [7, 11) is -6.67. The largest absolute Gasteiger partial charge is 0.452 e. The Morgan fingerprint density at radius 2 is 1.66 bits per heavy atom. The fourth-order valence-electron chi connectivity index (χ4n) is 3.39. The smallest absolute Gasteiger partial charge is 0.338 e. The fourth-order valence-corrected chi connectivity index (χ4v) is 7.08. The Hall–Kier alpha value is -4.67. The van der Waals surface area contributed by atoms with Crippen LogP contribution in [0.1, 0.15) is 10.4 Å². The number of nitro groups is 1. The van der Waals surface area contributed by atoms with Gasteiger partial charge in [0.05, 0.1) is 32.2 Å². The Labute approximate surface area is 238 Å². The average Bonchev–Trinajstić information content (AvgIpc) is 3.45. The van der Waals surface area contributed by atoms with Crippen molar-refractivity contribution >= 4 is 59.6 Å². The third-order valence-corrected chi connectivity index (χ3v) is 10.5. The van der Waals surface area contributed by atoms with Gasteiger partial charge in [0.2, 0.25) is 9.84 Å². The van der Waals surface area contributed by atoms with Crippen LogP contribution in [0.15, 0.2) is 99.1 Å². The number of sulfonamides is 1. The van der Waals surface area contributed by atoms with Crippen LogP contribution in [0.2, 0.25) is 0 Å². The summed E-state index contributed by atoms with van der Waals surface area (Å²) in [5.41, 5.74) is 0.0396. The minimum atomic E-state index is -4.05. The van der Waals surface area contributed by atoms with Crippen LogP contribution in [0.3, 0.4) is 0 Å². The molecule has 41 heavy (non-hydrogen) atoms. The molecule has 13 nitrogen and oxygen atoms in total. The van der Waals surface area contributed by atoms with Gasteiger partial charge < -0.3 is 4.74 Å². The second-order valence-corrected chi connectivity index (χ2v) is 13.4. The van der Waals surface area contributed by atoms with Gasteiger partial charge >= 0.3 is 5.97 Å². The fraction of sp³-hybridized carbons (Fsp3) is 0.0800. The molecule has 0 bridgehead atoms. The van der Waals surface area contributed by atoms with Gasteiger partial charge in [0, 0.05) is 19.2 Å². The van der Waals surface area contributed by atoms with Crippen LogP contribution >= 0.6 is 11.3 Å². The molecule has 0 radical (unpaired) electrons. The molecule has 0 aliphatic carbocycles. The Bertz CT molecular complexity index is 1820. The highest BCUT2D eigenvalue weighted by atomic mass is 32.2. The molecule has 4 rings (SSSR count). The van der Waals surface area contributed by atoms with Crippen LogP contribution in [0.5, 0.6) is 0 Å². The van der Waals surface area contributed by atoms with E-state index in [1.807, 2.05) is 0 Å². The first-order chi connectivity index (χ1) is 19.4. The molecular weight excluding hydrogens is 596 g/mol. The number of non-ortho nitro benzene ring substituents is 1. The first-order valence-corrected chi connectivity index (χ1v) is 15.2. The topological polar surface area (TPSA) is 183 Å². The van der Waals surface area contributed by atoms with Gasteiger partial charge in [-0.15, -0.1) is 0 Å². The number of nitrogens with one attached hydrogen (secondary N) is 1. The number of para-hydroxylation sites is 1. The number of ether oxygens (including phenoxy) is 1. The van der Waals surface area contributed by atoms with Crippen molar-refractivity contribution in [3.05, 3.63) is 101 Å². The van der Waals surface area contributed by atoms with Crippen LogP contribution in [-0.4, -0.2) is 52.3 Å². The molecule has 1 aromatic heterocycles. The minimum absolute atomic E-state index is 0.0939. The highest BCUT2D eigenvalue weighted by molar-refractivity contribution is 7.93. The summed E-state index contributed by atoms with van der Waals surface area (Å²) < 4.78 is 57.4. The predicted octanol–water partition coefficient (Wildman–Crippen LogP) is 3.50. The van der Waals surface area contributed by atoms with Gasteiger partial charge in [-0.25, -0.2) is 26.6 Å². The third-order valence-electron chi connectivity index (χ3n) is 5.54. The van der Waals surface area contributed by atoms with Crippen LogP contribution < -0.4 is 9.62 Å². The molecule has 0 spiro atoms. The zero-order chi connectivity index (χ0) is 29.8. The van der Waals surface area contributed by atoms with E-state index in [9.17, 15) is 36.5 Å². The second kappa shape index (κ2) is 11.8. The molecule has 0 unspecified atom stereocenters. The SMILES string of the molecule is CN(c1ccccc1)S(=O)(=O)c1cccc(C(=O)OCC(=O)Nc2ncc(S(=O)(=O)c3ccc([N+](=O)[O-])cc3)s2)c1. The maximum atomic E-state index is 13.0. The lowest BCUT2D eigenvalue weighted by molar-refractivity contribution is -0.384. The monoisotopic (exact) mass is 616 g/mol. The molecule has 4 aromatic rings. The van der Waals surface area contributed by atoms with Crippen molar-refractivity contribution in [2.75, 3.05) is 23.3 Å². The van der Waals surface area contributed by atoms with Crippen LogP contribution in [0.4, 0.5) is 16.5 Å². The van der Waals surface area contributed by atoms with Gasteiger partial charge in [-0.3, -0.25) is 24.5 Å². The summed E-state index contributed by atoms with van der Waals surface area (Å²) in [5.74, 6) is -1.78. The van der Waals surface area contributed by atoms with E-state index in [2.05, 4.69) is 10.3 Å². The molecule has 0 saturated heterocycles. The van der Waals surface area contributed by atoms with Crippen molar-refractivity contribution in [3.8, 4) is 0 Å². The molecule has 0 fully saturated rings. The van der Waals surface area contributed by atoms with E-state index in [1.54, 1.807) is 30.3 Å². The van der Waals surface area contributed by atoms with E-state index in [-0.39, 0.29) is 30.4 Å². The maximum absolute atomic E-state index is 13.0. The molecule has 1 amide bonds. The molecule has 212 valence electrons. The van der Waals surface area contributed by atoms with Crippen molar-refractivity contribution in [2.45, 2.75) is 14.0 Å².